The van der Waals surface area contributed by atoms with E-state index in [-0.39, 0.29) is 11.8 Å². The van der Waals surface area contributed by atoms with E-state index in [1.54, 1.807) is 16.0 Å². The van der Waals surface area contributed by atoms with Gasteiger partial charge >= 0.3 is 0 Å². The zero-order valence-electron chi connectivity index (χ0n) is 15.5. The van der Waals surface area contributed by atoms with Crippen molar-refractivity contribution in [2.75, 3.05) is 5.32 Å². The van der Waals surface area contributed by atoms with Crippen molar-refractivity contribution in [2.45, 2.75) is 26.7 Å². The Hall–Kier alpha value is -2.58. The van der Waals surface area contributed by atoms with Gasteiger partial charge in [0.1, 0.15) is 0 Å². The van der Waals surface area contributed by atoms with Crippen LogP contribution >= 0.6 is 22.7 Å². The number of carbonyl (C=O) groups is 1. The molecule has 0 saturated heterocycles. The average molecular weight is 398 g/mol. The minimum Gasteiger partial charge on any atom is -0.298 e. The smallest absolute Gasteiger partial charge is 0.258 e. The lowest BCUT2D eigenvalue weighted by Crippen LogP contribution is -2.14. The predicted molar refractivity (Wildman–Crippen MR) is 111 cm³/mol. The van der Waals surface area contributed by atoms with Gasteiger partial charge in [-0.05, 0) is 30.4 Å². The molecule has 8 heteroatoms. The fourth-order valence-corrected chi connectivity index (χ4v) is 4.44. The van der Waals surface area contributed by atoms with Gasteiger partial charge in [0.2, 0.25) is 0 Å². The van der Waals surface area contributed by atoms with Gasteiger partial charge < -0.3 is 0 Å². The van der Waals surface area contributed by atoms with E-state index < -0.39 is 0 Å². The molecule has 0 radical (unpaired) electrons. The van der Waals surface area contributed by atoms with Crippen molar-refractivity contribution in [3.05, 3.63) is 45.9 Å². The van der Waals surface area contributed by atoms with Gasteiger partial charge in [-0.1, -0.05) is 19.9 Å². The highest BCUT2D eigenvalue weighted by molar-refractivity contribution is 7.16. The quantitative estimate of drug-likeness (QED) is 0.535. The van der Waals surface area contributed by atoms with Crippen molar-refractivity contribution in [2.24, 2.45) is 7.05 Å². The number of amides is 1. The maximum Gasteiger partial charge on any atom is 0.258 e. The summed E-state index contributed by atoms with van der Waals surface area (Å²) in [7, 11) is 1.85. The first-order valence-corrected chi connectivity index (χ1v) is 10.3. The number of pyridine rings is 1. The standard InChI is InChI=1S/C19H19N5OS2/c1-10(2)13-8-12(16-11(3)23-24(4)17(16)20-13)18(25)22-19-21-14(9-27-19)15-6-5-7-26-15/h5-10H,1-4H3,(H,21,22,25). The molecule has 1 N–H and O–H groups in total. The number of hydrogen-bond donors (Lipinski definition) is 1. The van der Waals surface area contributed by atoms with Crippen LogP contribution in [-0.2, 0) is 7.05 Å². The lowest BCUT2D eigenvalue weighted by Gasteiger charge is -2.10. The summed E-state index contributed by atoms with van der Waals surface area (Å²) in [6.07, 6.45) is 0. The molecule has 4 aromatic heterocycles. The summed E-state index contributed by atoms with van der Waals surface area (Å²) in [5.41, 5.74) is 3.85. The Balaban J connectivity index is 1.72. The molecule has 4 heterocycles. The number of rotatable bonds is 4. The fourth-order valence-electron chi connectivity index (χ4n) is 2.97. The average Bonchev–Trinajstić information content (AvgIpc) is 3.35. The van der Waals surface area contributed by atoms with Crippen molar-refractivity contribution in [3.63, 3.8) is 0 Å². The van der Waals surface area contributed by atoms with Crippen LogP contribution in [0.3, 0.4) is 0 Å². The highest BCUT2D eigenvalue weighted by atomic mass is 32.1. The van der Waals surface area contributed by atoms with Crippen LogP contribution in [0.2, 0.25) is 0 Å². The number of fused-ring (bicyclic) bond motifs is 1. The molecule has 6 nitrogen and oxygen atoms in total. The van der Waals surface area contributed by atoms with Gasteiger partial charge in [-0.2, -0.15) is 5.10 Å². The molecule has 0 spiro atoms. The van der Waals surface area contributed by atoms with E-state index >= 15 is 0 Å². The summed E-state index contributed by atoms with van der Waals surface area (Å²) in [6.45, 7) is 6.02. The molecular weight excluding hydrogens is 378 g/mol. The van der Waals surface area contributed by atoms with Crippen LogP contribution in [0.15, 0.2) is 29.0 Å². The van der Waals surface area contributed by atoms with Crippen molar-refractivity contribution in [1.82, 2.24) is 19.7 Å². The Labute approximate surface area is 164 Å². The van der Waals surface area contributed by atoms with Gasteiger partial charge in [0.25, 0.3) is 5.91 Å². The van der Waals surface area contributed by atoms with Crippen LogP contribution in [0.4, 0.5) is 5.13 Å². The molecule has 0 aliphatic rings. The summed E-state index contributed by atoms with van der Waals surface area (Å²) in [4.78, 5) is 23.4. The van der Waals surface area contributed by atoms with Crippen LogP contribution < -0.4 is 5.32 Å². The Morgan fingerprint density at radius 1 is 1.26 bits per heavy atom. The van der Waals surface area contributed by atoms with Crippen molar-refractivity contribution in [3.8, 4) is 10.6 Å². The molecule has 0 aliphatic carbocycles. The van der Waals surface area contributed by atoms with Crippen molar-refractivity contribution >= 4 is 44.7 Å². The zero-order chi connectivity index (χ0) is 19.1. The first-order chi connectivity index (χ1) is 12.9. The van der Waals surface area contributed by atoms with E-state index in [0.29, 0.717) is 10.7 Å². The number of thiazole rings is 1. The second-order valence-corrected chi connectivity index (χ2v) is 8.43. The highest BCUT2D eigenvalue weighted by Gasteiger charge is 2.20. The van der Waals surface area contributed by atoms with E-state index in [2.05, 4.69) is 29.2 Å². The summed E-state index contributed by atoms with van der Waals surface area (Å²) >= 11 is 3.05. The van der Waals surface area contributed by atoms with E-state index in [9.17, 15) is 4.79 Å². The van der Waals surface area contributed by atoms with Gasteiger partial charge in [0.15, 0.2) is 10.8 Å². The summed E-state index contributed by atoms with van der Waals surface area (Å²) < 4.78 is 1.73. The molecule has 4 rings (SSSR count). The number of aryl methyl sites for hydroxylation is 2. The van der Waals surface area contributed by atoms with Crippen molar-refractivity contribution < 1.29 is 4.79 Å². The van der Waals surface area contributed by atoms with Crippen LogP contribution in [-0.4, -0.2) is 25.7 Å². The molecule has 0 bridgehead atoms. The van der Waals surface area contributed by atoms with E-state index in [0.717, 1.165) is 33.0 Å². The van der Waals surface area contributed by atoms with Crippen LogP contribution in [0, 0.1) is 6.92 Å². The third-order valence-corrected chi connectivity index (χ3v) is 5.97. The number of carbonyl (C=O) groups excluding carboxylic acids is 1. The SMILES string of the molecule is Cc1nn(C)c2nc(C(C)C)cc(C(=O)Nc3nc(-c4cccs4)cs3)c12. The normalized spacial score (nSPS) is 11.4. The third kappa shape index (κ3) is 3.26. The van der Waals surface area contributed by atoms with E-state index in [1.165, 1.54) is 11.3 Å². The molecule has 0 atom stereocenters. The fraction of sp³-hybridized carbons (Fsp3) is 0.263. The first-order valence-electron chi connectivity index (χ1n) is 8.59. The first kappa shape index (κ1) is 17.8. The minimum atomic E-state index is -0.188. The zero-order valence-corrected chi connectivity index (χ0v) is 17.1. The second-order valence-electron chi connectivity index (χ2n) is 6.63. The molecule has 0 saturated carbocycles. The molecule has 1 amide bonds. The molecule has 0 unspecified atom stereocenters. The Morgan fingerprint density at radius 3 is 2.78 bits per heavy atom. The summed E-state index contributed by atoms with van der Waals surface area (Å²) in [6, 6.07) is 5.88. The van der Waals surface area contributed by atoms with Crippen LogP contribution in [0.1, 0.15) is 41.5 Å². The second kappa shape index (κ2) is 6.86. The highest BCUT2D eigenvalue weighted by Crippen LogP contribution is 2.30. The number of hydrogen-bond acceptors (Lipinski definition) is 6. The Bertz CT molecular complexity index is 1120. The number of nitrogens with zero attached hydrogens (tertiary/aromatic N) is 4. The molecule has 0 aromatic carbocycles. The predicted octanol–water partition coefficient (Wildman–Crippen LogP) is 4.84. The molecular formula is C19H19N5OS2. The minimum absolute atomic E-state index is 0.188. The van der Waals surface area contributed by atoms with Gasteiger partial charge in [-0.15, -0.1) is 22.7 Å². The van der Waals surface area contributed by atoms with E-state index in [1.807, 2.05) is 42.9 Å². The lowest BCUT2D eigenvalue weighted by atomic mass is 10.0. The third-order valence-electron chi connectivity index (χ3n) is 4.32. The maximum absolute atomic E-state index is 13.1. The van der Waals surface area contributed by atoms with E-state index in [4.69, 9.17) is 4.98 Å². The number of nitrogens with one attached hydrogen (secondary N) is 1. The summed E-state index contributed by atoms with van der Waals surface area (Å²) in [5, 5.41) is 12.7. The number of aromatic nitrogens is 4. The molecule has 138 valence electrons. The largest absolute Gasteiger partial charge is 0.298 e. The molecule has 0 fully saturated rings. The maximum atomic E-state index is 13.1. The molecule has 27 heavy (non-hydrogen) atoms. The van der Waals surface area contributed by atoms with Gasteiger partial charge in [0.05, 0.1) is 27.2 Å². The summed E-state index contributed by atoms with van der Waals surface area (Å²) in [5.74, 6) is 0.0222. The van der Waals surface area contributed by atoms with Crippen LogP contribution in [0.25, 0.3) is 21.6 Å². The lowest BCUT2D eigenvalue weighted by molar-refractivity contribution is 0.102. The van der Waals surface area contributed by atoms with Gasteiger partial charge in [-0.3, -0.25) is 14.8 Å². The topological polar surface area (TPSA) is 72.7 Å². The molecule has 4 aromatic rings. The Morgan fingerprint density at radius 2 is 2.07 bits per heavy atom. The number of thiophene rings is 1. The van der Waals surface area contributed by atoms with Gasteiger partial charge in [0, 0.05) is 18.1 Å². The van der Waals surface area contributed by atoms with Gasteiger partial charge in [-0.25, -0.2) is 9.97 Å². The monoisotopic (exact) mass is 397 g/mol. The van der Waals surface area contributed by atoms with Crippen LogP contribution in [0.5, 0.6) is 0 Å². The molecule has 0 aliphatic heterocycles. The number of anilines is 1. The Kier molecular flexibility index (Phi) is 4.53. The van der Waals surface area contributed by atoms with Crippen molar-refractivity contribution in [1.29, 1.82) is 0 Å².